The van der Waals surface area contributed by atoms with E-state index < -0.39 is 5.91 Å². The second-order valence-electron chi connectivity index (χ2n) is 6.62. The maximum absolute atomic E-state index is 12.4. The molecular formula is C17H21N5O2S2. The van der Waals surface area contributed by atoms with Crippen LogP contribution in [0.1, 0.15) is 58.7 Å². The van der Waals surface area contributed by atoms with Gasteiger partial charge in [-0.15, -0.1) is 21.5 Å². The summed E-state index contributed by atoms with van der Waals surface area (Å²) in [4.78, 5) is 25.4. The molecule has 0 bridgehead atoms. The van der Waals surface area contributed by atoms with Crippen molar-refractivity contribution in [1.29, 1.82) is 0 Å². The van der Waals surface area contributed by atoms with Crippen LogP contribution in [0.5, 0.6) is 0 Å². The van der Waals surface area contributed by atoms with Crippen LogP contribution in [0.4, 0.5) is 5.00 Å². The van der Waals surface area contributed by atoms with Crippen LogP contribution in [-0.2, 0) is 24.2 Å². The first-order valence-corrected chi connectivity index (χ1v) is 10.7. The maximum Gasteiger partial charge on any atom is 0.251 e. The molecule has 7 nitrogen and oxygen atoms in total. The highest BCUT2D eigenvalue weighted by atomic mass is 32.2. The minimum Gasteiger partial charge on any atom is -0.365 e. The number of carbonyl (C=O) groups excluding carboxylic acids is 2. The summed E-state index contributed by atoms with van der Waals surface area (Å²) in [5.41, 5.74) is 7.05. The predicted molar refractivity (Wildman–Crippen MR) is 102 cm³/mol. The molecule has 2 aliphatic rings. The Balaban J connectivity index is 1.43. The molecule has 0 saturated heterocycles. The van der Waals surface area contributed by atoms with Gasteiger partial charge in [0.1, 0.15) is 10.8 Å². The number of thioether (sulfide) groups is 1. The quantitative estimate of drug-likeness (QED) is 0.706. The van der Waals surface area contributed by atoms with Crippen LogP contribution < -0.4 is 11.1 Å². The van der Waals surface area contributed by atoms with E-state index in [0.717, 1.165) is 42.4 Å². The number of anilines is 1. The van der Waals surface area contributed by atoms with Gasteiger partial charge >= 0.3 is 0 Å². The number of aryl methyl sites for hydroxylation is 1. The largest absolute Gasteiger partial charge is 0.365 e. The number of amides is 2. The minimum absolute atomic E-state index is 0.156. The lowest BCUT2D eigenvalue weighted by Crippen LogP contribution is -2.19. The van der Waals surface area contributed by atoms with Crippen LogP contribution in [0.2, 0.25) is 0 Å². The van der Waals surface area contributed by atoms with Crippen molar-refractivity contribution in [3.8, 4) is 0 Å². The molecule has 1 saturated carbocycles. The lowest BCUT2D eigenvalue weighted by molar-refractivity contribution is -0.113. The molecule has 138 valence electrons. The van der Waals surface area contributed by atoms with Gasteiger partial charge in [-0.1, -0.05) is 11.8 Å². The average molecular weight is 392 g/mol. The molecule has 0 radical (unpaired) electrons. The van der Waals surface area contributed by atoms with E-state index in [1.807, 2.05) is 0 Å². The van der Waals surface area contributed by atoms with Gasteiger partial charge in [0.05, 0.1) is 11.3 Å². The number of nitrogens with zero attached hydrogens (tertiary/aromatic N) is 3. The fourth-order valence-corrected chi connectivity index (χ4v) is 5.51. The molecule has 0 aliphatic heterocycles. The molecule has 4 rings (SSSR count). The topological polar surface area (TPSA) is 103 Å². The zero-order valence-electron chi connectivity index (χ0n) is 14.6. The van der Waals surface area contributed by atoms with E-state index in [4.69, 9.17) is 5.73 Å². The van der Waals surface area contributed by atoms with Gasteiger partial charge < -0.3 is 15.6 Å². The molecule has 0 atom stereocenters. The molecule has 2 aromatic rings. The predicted octanol–water partition coefficient (Wildman–Crippen LogP) is 2.56. The highest BCUT2D eigenvalue weighted by Gasteiger charge is 2.30. The van der Waals surface area contributed by atoms with Crippen molar-refractivity contribution >= 4 is 39.9 Å². The summed E-state index contributed by atoms with van der Waals surface area (Å²) in [6.07, 6.45) is 5.19. The van der Waals surface area contributed by atoms with Crippen LogP contribution >= 0.6 is 23.1 Å². The molecule has 1 fully saturated rings. The van der Waals surface area contributed by atoms with E-state index in [-0.39, 0.29) is 11.7 Å². The van der Waals surface area contributed by atoms with Crippen molar-refractivity contribution in [2.45, 2.75) is 56.6 Å². The second kappa shape index (κ2) is 7.03. The number of thiophene rings is 1. The third-order valence-corrected chi connectivity index (χ3v) is 6.93. The Morgan fingerprint density at radius 1 is 1.35 bits per heavy atom. The number of fused-ring (bicyclic) bond motifs is 1. The van der Waals surface area contributed by atoms with E-state index >= 15 is 0 Å². The standard InChI is InChI=1S/C17H21N5O2S2/c1-2-22-15(9-6-7-9)20-21-17(22)25-8-12(23)19-16-13(14(18)24)10-4-3-5-11(10)26-16/h9H,2-8H2,1H3,(H2,18,24)(H,19,23). The van der Waals surface area contributed by atoms with Crippen LogP contribution in [0.15, 0.2) is 5.16 Å². The number of nitrogens with one attached hydrogen (secondary N) is 1. The Kier molecular flexibility index (Phi) is 4.74. The van der Waals surface area contributed by atoms with Crippen molar-refractivity contribution in [3.05, 3.63) is 21.8 Å². The first-order chi connectivity index (χ1) is 12.6. The molecule has 2 aliphatic carbocycles. The summed E-state index contributed by atoms with van der Waals surface area (Å²) < 4.78 is 2.09. The van der Waals surface area contributed by atoms with Gasteiger partial charge in [-0.05, 0) is 44.6 Å². The summed E-state index contributed by atoms with van der Waals surface area (Å²) in [5.74, 6) is 1.16. The number of hydrogen-bond donors (Lipinski definition) is 2. The van der Waals surface area contributed by atoms with Gasteiger partial charge in [0.15, 0.2) is 5.16 Å². The number of carbonyl (C=O) groups is 2. The molecule has 9 heteroatoms. The Bertz CT molecular complexity index is 869. The molecule has 3 N–H and O–H groups in total. The Morgan fingerprint density at radius 3 is 2.85 bits per heavy atom. The summed E-state index contributed by atoms with van der Waals surface area (Å²) in [7, 11) is 0. The molecule has 2 amide bonds. The number of primary amides is 1. The van der Waals surface area contributed by atoms with Crippen molar-refractivity contribution in [2.24, 2.45) is 5.73 Å². The normalized spacial score (nSPS) is 15.9. The van der Waals surface area contributed by atoms with Crippen LogP contribution in [0.25, 0.3) is 0 Å². The Morgan fingerprint density at radius 2 is 2.15 bits per heavy atom. The fourth-order valence-electron chi connectivity index (χ4n) is 3.39. The van der Waals surface area contributed by atoms with Crippen molar-refractivity contribution < 1.29 is 9.59 Å². The lowest BCUT2D eigenvalue weighted by atomic mass is 10.1. The van der Waals surface area contributed by atoms with Crippen LogP contribution in [0, 0.1) is 0 Å². The summed E-state index contributed by atoms with van der Waals surface area (Å²) >= 11 is 2.85. The first kappa shape index (κ1) is 17.5. The van der Waals surface area contributed by atoms with Gasteiger partial charge in [0, 0.05) is 17.3 Å². The number of nitrogens with two attached hydrogens (primary N) is 1. The summed E-state index contributed by atoms with van der Waals surface area (Å²) in [6, 6.07) is 0. The molecular weight excluding hydrogens is 370 g/mol. The number of hydrogen-bond acceptors (Lipinski definition) is 6. The van der Waals surface area contributed by atoms with E-state index in [1.165, 1.54) is 40.8 Å². The molecule has 26 heavy (non-hydrogen) atoms. The van der Waals surface area contributed by atoms with E-state index in [9.17, 15) is 9.59 Å². The van der Waals surface area contributed by atoms with Crippen molar-refractivity contribution in [2.75, 3.05) is 11.1 Å². The van der Waals surface area contributed by atoms with Gasteiger partial charge in [-0.3, -0.25) is 9.59 Å². The van der Waals surface area contributed by atoms with Crippen molar-refractivity contribution in [1.82, 2.24) is 14.8 Å². The molecule has 2 aromatic heterocycles. The average Bonchev–Trinajstić information content (AvgIpc) is 3.06. The zero-order valence-corrected chi connectivity index (χ0v) is 16.2. The van der Waals surface area contributed by atoms with Gasteiger partial charge in [0.2, 0.25) is 5.91 Å². The number of aromatic nitrogens is 3. The highest BCUT2D eigenvalue weighted by molar-refractivity contribution is 7.99. The van der Waals surface area contributed by atoms with Gasteiger partial charge in [-0.2, -0.15) is 0 Å². The van der Waals surface area contributed by atoms with Gasteiger partial charge in [0.25, 0.3) is 5.91 Å². The second-order valence-corrected chi connectivity index (χ2v) is 8.67. The molecule has 0 spiro atoms. The van der Waals surface area contributed by atoms with Crippen molar-refractivity contribution in [3.63, 3.8) is 0 Å². The minimum atomic E-state index is -0.466. The summed E-state index contributed by atoms with van der Waals surface area (Å²) in [6.45, 7) is 2.86. The summed E-state index contributed by atoms with van der Waals surface area (Å²) in [5, 5.41) is 12.8. The maximum atomic E-state index is 12.4. The highest BCUT2D eigenvalue weighted by Crippen LogP contribution is 2.40. The first-order valence-electron chi connectivity index (χ1n) is 8.88. The van der Waals surface area contributed by atoms with E-state index in [2.05, 4.69) is 27.0 Å². The Hall–Kier alpha value is -1.87. The van der Waals surface area contributed by atoms with Gasteiger partial charge in [-0.25, -0.2) is 0 Å². The van der Waals surface area contributed by atoms with Crippen LogP contribution in [0.3, 0.4) is 0 Å². The van der Waals surface area contributed by atoms with E-state index in [1.54, 1.807) is 0 Å². The molecule has 0 unspecified atom stereocenters. The molecule has 0 aromatic carbocycles. The SMILES string of the molecule is CCn1c(SCC(=O)Nc2sc3c(c2C(N)=O)CCC3)nnc1C1CC1. The monoisotopic (exact) mass is 391 g/mol. The zero-order chi connectivity index (χ0) is 18.3. The molecule has 2 heterocycles. The van der Waals surface area contributed by atoms with Crippen LogP contribution in [-0.4, -0.2) is 32.3 Å². The van der Waals surface area contributed by atoms with E-state index in [0.29, 0.717) is 16.5 Å². The lowest BCUT2D eigenvalue weighted by Gasteiger charge is -2.07. The third-order valence-electron chi connectivity index (χ3n) is 4.76. The Labute approximate surface area is 159 Å². The smallest absolute Gasteiger partial charge is 0.251 e. The number of rotatable bonds is 7. The third kappa shape index (κ3) is 3.25. The fraction of sp³-hybridized carbons (Fsp3) is 0.529.